The lowest BCUT2D eigenvalue weighted by atomic mass is 9.80. The number of benzene rings is 5. The minimum atomic E-state index is -1.52. The third-order valence-corrected chi connectivity index (χ3v) is 16.3. The van der Waals surface area contributed by atoms with Gasteiger partial charge in [0.2, 0.25) is 0 Å². The SMILES string of the molecule is CCOCCNc1cc(C2CCCCC2)ccc1C(=CC1(C=C(c2ccccc2)c2ccc(C3CCCCC3)cc2NCCOCC)OC(=O)c2c(Br)c(Cl)c(Cl)c(Br)c21)c1ccccc1. The van der Waals surface area contributed by atoms with Gasteiger partial charge >= 0.3 is 5.97 Å². The number of esters is 1. The summed E-state index contributed by atoms with van der Waals surface area (Å²) in [4.78, 5) is 14.7. The Bertz CT molecular complexity index is 2400. The Morgan fingerprint density at radius 3 is 1.53 bits per heavy atom. The van der Waals surface area contributed by atoms with E-state index in [0.29, 0.717) is 71.4 Å². The van der Waals surface area contributed by atoms with Crippen LogP contribution >= 0.6 is 55.1 Å². The number of nitrogens with one attached hydrogen (secondary N) is 2. The molecule has 2 saturated carbocycles. The molecule has 3 aliphatic rings. The van der Waals surface area contributed by atoms with E-state index in [1.807, 2.05) is 50.2 Å². The molecular weight excluding hydrogens is 995 g/mol. The number of anilines is 2. The molecule has 6 nitrogen and oxygen atoms in total. The normalized spacial score (nSPS) is 18.3. The molecule has 346 valence electrons. The van der Waals surface area contributed by atoms with Gasteiger partial charge in [0.25, 0.3) is 0 Å². The van der Waals surface area contributed by atoms with E-state index in [1.54, 1.807) is 0 Å². The Balaban J connectivity index is 1.42. The summed E-state index contributed by atoms with van der Waals surface area (Å²) in [7, 11) is 0. The molecule has 0 spiro atoms. The van der Waals surface area contributed by atoms with E-state index in [9.17, 15) is 4.79 Å². The zero-order chi connectivity index (χ0) is 46.0. The summed E-state index contributed by atoms with van der Waals surface area (Å²) in [5.74, 6) is 0.473. The summed E-state index contributed by atoms with van der Waals surface area (Å²) in [6.07, 6.45) is 16.5. The zero-order valence-electron chi connectivity index (χ0n) is 38.0. The summed E-state index contributed by atoms with van der Waals surface area (Å²) >= 11 is 21.6. The van der Waals surface area contributed by atoms with Gasteiger partial charge in [-0.05, 0) is 141 Å². The second-order valence-electron chi connectivity index (χ2n) is 17.6. The Kier molecular flexibility index (Phi) is 16.9. The maximum atomic E-state index is 14.7. The van der Waals surface area contributed by atoms with Gasteiger partial charge in [-0.1, -0.05) is 147 Å². The number of ether oxygens (including phenoxy) is 3. The number of carbonyl (C=O) groups excluding carboxylic acids is 1. The molecule has 2 aliphatic carbocycles. The average Bonchev–Trinajstić information content (AvgIpc) is 3.65. The number of hydrogen-bond acceptors (Lipinski definition) is 6. The van der Waals surface area contributed by atoms with Crippen molar-refractivity contribution in [1.82, 2.24) is 0 Å². The van der Waals surface area contributed by atoms with Crippen molar-refractivity contribution in [2.75, 3.05) is 50.2 Å². The first kappa shape index (κ1) is 48.6. The van der Waals surface area contributed by atoms with Crippen molar-refractivity contribution in [1.29, 1.82) is 0 Å². The first-order valence-electron chi connectivity index (χ1n) is 23.8. The first-order valence-corrected chi connectivity index (χ1v) is 26.1. The molecule has 5 aromatic rings. The highest BCUT2D eigenvalue weighted by molar-refractivity contribution is 9.11. The van der Waals surface area contributed by atoms with Crippen LogP contribution in [-0.4, -0.2) is 45.5 Å². The molecule has 0 bridgehead atoms. The van der Waals surface area contributed by atoms with Gasteiger partial charge in [0, 0.05) is 58.8 Å². The van der Waals surface area contributed by atoms with Crippen LogP contribution in [0.5, 0.6) is 0 Å². The molecule has 0 atom stereocenters. The summed E-state index contributed by atoms with van der Waals surface area (Å²) in [6.45, 7) is 7.69. The molecule has 2 N–H and O–H groups in total. The van der Waals surface area contributed by atoms with Gasteiger partial charge in [-0.2, -0.15) is 0 Å². The topological polar surface area (TPSA) is 68.8 Å². The largest absolute Gasteiger partial charge is 0.442 e. The second-order valence-corrected chi connectivity index (χ2v) is 19.9. The first-order chi connectivity index (χ1) is 32.2. The van der Waals surface area contributed by atoms with E-state index in [1.165, 1.54) is 75.3 Å². The van der Waals surface area contributed by atoms with Crippen LogP contribution in [0, 0.1) is 0 Å². The molecule has 0 unspecified atom stereocenters. The van der Waals surface area contributed by atoms with E-state index in [-0.39, 0.29) is 10.0 Å². The van der Waals surface area contributed by atoms with E-state index in [0.717, 1.165) is 44.8 Å². The fourth-order valence-corrected chi connectivity index (χ4v) is 11.9. The molecule has 0 radical (unpaired) electrons. The molecule has 0 aromatic heterocycles. The van der Waals surface area contributed by atoms with Crippen LogP contribution in [0.1, 0.15) is 139 Å². The quantitative estimate of drug-likeness (QED) is 0.0394. The van der Waals surface area contributed by atoms with Crippen molar-refractivity contribution in [3.05, 3.63) is 173 Å². The van der Waals surface area contributed by atoms with Crippen molar-refractivity contribution in [2.45, 2.75) is 95.5 Å². The Labute approximate surface area is 418 Å². The monoisotopic (exact) mass is 1050 g/mol. The van der Waals surface area contributed by atoms with Gasteiger partial charge < -0.3 is 24.8 Å². The third-order valence-electron chi connectivity index (χ3n) is 13.4. The fraction of sp³-hybridized carbons (Fsp3) is 0.375. The van der Waals surface area contributed by atoms with Crippen LogP contribution in [0.25, 0.3) is 11.1 Å². The van der Waals surface area contributed by atoms with Crippen LogP contribution in [0.2, 0.25) is 10.0 Å². The summed E-state index contributed by atoms with van der Waals surface area (Å²) < 4.78 is 19.5. The summed E-state index contributed by atoms with van der Waals surface area (Å²) in [5.41, 5.74) is 9.63. The summed E-state index contributed by atoms with van der Waals surface area (Å²) in [6, 6.07) is 34.4. The predicted octanol–water partition coefficient (Wildman–Crippen LogP) is 16.1. The van der Waals surface area contributed by atoms with E-state index >= 15 is 0 Å². The lowest BCUT2D eigenvalue weighted by molar-refractivity contribution is 0.0298. The Morgan fingerprint density at radius 2 is 1.09 bits per heavy atom. The van der Waals surface area contributed by atoms with Crippen LogP contribution in [0.3, 0.4) is 0 Å². The Hall–Kier alpha value is -3.89. The van der Waals surface area contributed by atoms with E-state index < -0.39 is 11.6 Å². The minimum Gasteiger partial charge on any atom is -0.442 e. The van der Waals surface area contributed by atoms with Gasteiger partial charge in [0.05, 0.1) is 33.3 Å². The van der Waals surface area contributed by atoms with Crippen LogP contribution in [-0.2, 0) is 19.8 Å². The fourth-order valence-electron chi connectivity index (χ4n) is 10.1. The molecule has 1 aliphatic heterocycles. The highest BCUT2D eigenvalue weighted by atomic mass is 79.9. The number of cyclic esters (lactones) is 1. The van der Waals surface area contributed by atoms with Crippen LogP contribution in [0.4, 0.5) is 11.4 Å². The van der Waals surface area contributed by atoms with Gasteiger partial charge in [0.15, 0.2) is 5.60 Å². The number of halogens is 4. The van der Waals surface area contributed by atoms with Gasteiger partial charge in [-0.15, -0.1) is 0 Å². The predicted molar refractivity (Wildman–Crippen MR) is 280 cm³/mol. The molecule has 2 fully saturated rings. The lowest BCUT2D eigenvalue weighted by Crippen LogP contribution is -2.24. The molecule has 0 amide bonds. The lowest BCUT2D eigenvalue weighted by Gasteiger charge is -2.29. The molecule has 1 heterocycles. The maximum absolute atomic E-state index is 14.7. The van der Waals surface area contributed by atoms with Crippen molar-refractivity contribution in [3.63, 3.8) is 0 Å². The minimum absolute atomic E-state index is 0.229. The second kappa shape index (κ2) is 22.9. The summed E-state index contributed by atoms with van der Waals surface area (Å²) in [5, 5.41) is 8.06. The standard InChI is InChI=1S/C56H60Br2Cl2N2O4/c1-3-64-31-29-61-47-33-41(37-17-9-5-10-18-37)25-27-43(47)45(39-21-13-7-14-22-39)35-56(50-49(55(63)66-56)51(57)53(59)54(60)52(50)58)36-46(40-23-15-8-16-24-40)44-28-26-42(38-19-11-6-12-20-38)34-48(44)62-30-32-65-4-2/h7-8,13-16,21-28,33-38,61-62H,3-6,9-12,17-20,29-32H2,1-2H3. The average molecular weight is 1060 g/mol. The van der Waals surface area contributed by atoms with Crippen molar-refractivity contribution >= 4 is 83.6 Å². The molecule has 10 heteroatoms. The van der Waals surface area contributed by atoms with Crippen LogP contribution < -0.4 is 10.6 Å². The Morgan fingerprint density at radius 1 is 0.652 bits per heavy atom. The van der Waals surface area contributed by atoms with E-state index in [4.69, 9.17) is 37.4 Å². The van der Waals surface area contributed by atoms with Gasteiger partial charge in [-0.25, -0.2) is 4.79 Å². The number of hydrogen-bond donors (Lipinski definition) is 2. The van der Waals surface area contributed by atoms with Crippen molar-refractivity contribution in [2.24, 2.45) is 0 Å². The van der Waals surface area contributed by atoms with E-state index in [2.05, 4.69) is 115 Å². The molecule has 5 aromatic carbocycles. The smallest absolute Gasteiger partial charge is 0.341 e. The zero-order valence-corrected chi connectivity index (χ0v) is 42.7. The highest BCUT2D eigenvalue weighted by Crippen LogP contribution is 2.54. The number of rotatable bonds is 18. The number of fused-ring (bicyclic) bond motifs is 1. The van der Waals surface area contributed by atoms with Gasteiger partial charge in [0.1, 0.15) is 0 Å². The molecule has 0 saturated heterocycles. The van der Waals surface area contributed by atoms with Gasteiger partial charge in [-0.3, -0.25) is 0 Å². The number of carbonyl (C=O) groups is 1. The third kappa shape index (κ3) is 10.9. The maximum Gasteiger partial charge on any atom is 0.341 e. The van der Waals surface area contributed by atoms with Crippen molar-refractivity contribution in [3.8, 4) is 0 Å². The van der Waals surface area contributed by atoms with Crippen molar-refractivity contribution < 1.29 is 19.0 Å². The molecule has 66 heavy (non-hydrogen) atoms. The molecular formula is C56H60Br2Cl2N2O4. The van der Waals surface area contributed by atoms with Crippen LogP contribution in [0.15, 0.2) is 118 Å². The highest BCUT2D eigenvalue weighted by Gasteiger charge is 2.48. The molecule has 8 rings (SSSR count).